The number of piperazine rings is 1. The minimum absolute atomic E-state index is 0.589. The lowest BCUT2D eigenvalue weighted by Gasteiger charge is -2.42. The highest BCUT2D eigenvalue weighted by molar-refractivity contribution is 4.84. The molecule has 1 saturated heterocycles. The van der Waals surface area contributed by atoms with Gasteiger partial charge in [-0.15, -0.1) is 0 Å². The van der Waals surface area contributed by atoms with Gasteiger partial charge in [-0.2, -0.15) is 0 Å². The molecule has 0 radical (unpaired) electrons. The molecule has 3 atom stereocenters. The van der Waals surface area contributed by atoms with Crippen molar-refractivity contribution in [2.24, 2.45) is 0 Å². The predicted molar refractivity (Wildman–Crippen MR) is 66.3 cm³/mol. The second kappa shape index (κ2) is 5.83. The first kappa shape index (κ1) is 12.9. The third-order valence-electron chi connectivity index (χ3n) is 3.82. The van der Waals surface area contributed by atoms with E-state index in [0.29, 0.717) is 18.1 Å². The zero-order chi connectivity index (χ0) is 11.4. The number of nitrogens with one attached hydrogen (secondary N) is 1. The van der Waals surface area contributed by atoms with E-state index in [1.165, 1.54) is 19.6 Å². The summed E-state index contributed by atoms with van der Waals surface area (Å²) in [6.07, 6.45) is 0. The Bertz CT molecular complexity index is 184. The van der Waals surface area contributed by atoms with Crippen molar-refractivity contribution in [1.29, 1.82) is 0 Å². The largest absolute Gasteiger partial charge is 0.313 e. The molecule has 0 saturated carbocycles. The predicted octanol–water partition coefficient (Wildman–Crippen LogP) is 1.01. The molecule has 1 aliphatic heterocycles. The van der Waals surface area contributed by atoms with E-state index in [0.717, 1.165) is 6.54 Å². The highest BCUT2D eigenvalue weighted by atomic mass is 15.3. The van der Waals surface area contributed by atoms with Crippen molar-refractivity contribution in [3.63, 3.8) is 0 Å². The minimum atomic E-state index is 0.589. The van der Waals surface area contributed by atoms with Crippen LogP contribution in [0.25, 0.3) is 0 Å². The summed E-state index contributed by atoms with van der Waals surface area (Å²) in [6.45, 7) is 13.8. The molecule has 1 rings (SSSR count). The Hall–Kier alpha value is -0.120. The fourth-order valence-electron chi connectivity index (χ4n) is 2.26. The molecule has 0 aromatic heterocycles. The molecule has 3 heteroatoms. The average Bonchev–Trinajstić information content (AvgIpc) is 2.21. The maximum atomic E-state index is 3.51. The van der Waals surface area contributed by atoms with Crippen LogP contribution in [-0.4, -0.2) is 61.2 Å². The van der Waals surface area contributed by atoms with Crippen molar-refractivity contribution >= 4 is 0 Å². The van der Waals surface area contributed by atoms with Gasteiger partial charge in [-0.3, -0.25) is 4.90 Å². The van der Waals surface area contributed by atoms with Gasteiger partial charge in [0, 0.05) is 37.8 Å². The van der Waals surface area contributed by atoms with E-state index in [-0.39, 0.29) is 0 Å². The van der Waals surface area contributed by atoms with E-state index in [1.807, 2.05) is 0 Å². The van der Waals surface area contributed by atoms with E-state index in [9.17, 15) is 0 Å². The van der Waals surface area contributed by atoms with E-state index in [1.54, 1.807) is 0 Å². The topological polar surface area (TPSA) is 18.5 Å². The molecule has 0 aromatic carbocycles. The van der Waals surface area contributed by atoms with Gasteiger partial charge in [0.25, 0.3) is 0 Å². The second-order valence-corrected chi connectivity index (χ2v) is 4.91. The molecule has 0 bridgehead atoms. The van der Waals surface area contributed by atoms with Crippen LogP contribution >= 0.6 is 0 Å². The van der Waals surface area contributed by atoms with Crippen molar-refractivity contribution in [1.82, 2.24) is 15.1 Å². The Labute approximate surface area is 94.8 Å². The summed E-state index contributed by atoms with van der Waals surface area (Å²) < 4.78 is 0. The number of hydrogen-bond donors (Lipinski definition) is 1. The summed E-state index contributed by atoms with van der Waals surface area (Å²) in [4.78, 5) is 5.05. The molecule has 0 aliphatic carbocycles. The standard InChI is InChI=1S/C12H27N3/c1-6-13-11(3)12(4)15-8-7-14(5)10(2)9-15/h10-13H,6-9H2,1-5H3. The Kier molecular flexibility index (Phi) is 5.03. The lowest BCUT2D eigenvalue weighted by Crippen LogP contribution is -2.56. The van der Waals surface area contributed by atoms with Crippen molar-refractivity contribution in [3.05, 3.63) is 0 Å². The highest BCUT2D eigenvalue weighted by Crippen LogP contribution is 2.12. The molecular weight excluding hydrogens is 186 g/mol. The highest BCUT2D eigenvalue weighted by Gasteiger charge is 2.26. The van der Waals surface area contributed by atoms with Gasteiger partial charge in [0.1, 0.15) is 0 Å². The number of likely N-dealkylation sites (N-methyl/N-ethyl adjacent to an activating group) is 2. The number of rotatable bonds is 4. The normalized spacial score (nSPS) is 29.0. The van der Waals surface area contributed by atoms with Crippen LogP contribution in [0.1, 0.15) is 27.7 Å². The first-order valence-corrected chi connectivity index (χ1v) is 6.24. The van der Waals surface area contributed by atoms with Crippen molar-refractivity contribution in [2.45, 2.75) is 45.8 Å². The van der Waals surface area contributed by atoms with Crippen LogP contribution in [0.5, 0.6) is 0 Å². The fourth-order valence-corrected chi connectivity index (χ4v) is 2.26. The Morgan fingerprint density at radius 1 is 1.33 bits per heavy atom. The zero-order valence-corrected chi connectivity index (χ0v) is 11.0. The Balaban J connectivity index is 2.43. The fraction of sp³-hybridized carbons (Fsp3) is 1.00. The van der Waals surface area contributed by atoms with Crippen LogP contribution in [-0.2, 0) is 0 Å². The maximum Gasteiger partial charge on any atom is 0.0219 e. The van der Waals surface area contributed by atoms with E-state index >= 15 is 0 Å². The minimum Gasteiger partial charge on any atom is -0.313 e. The van der Waals surface area contributed by atoms with Gasteiger partial charge < -0.3 is 10.2 Å². The third kappa shape index (κ3) is 3.44. The monoisotopic (exact) mass is 213 g/mol. The van der Waals surface area contributed by atoms with Gasteiger partial charge in [-0.1, -0.05) is 6.92 Å². The van der Waals surface area contributed by atoms with E-state index in [2.05, 4.69) is 49.9 Å². The van der Waals surface area contributed by atoms with E-state index in [4.69, 9.17) is 0 Å². The van der Waals surface area contributed by atoms with Gasteiger partial charge in [-0.25, -0.2) is 0 Å². The summed E-state index contributed by atoms with van der Waals surface area (Å²) >= 11 is 0. The van der Waals surface area contributed by atoms with Gasteiger partial charge in [0.05, 0.1) is 0 Å². The van der Waals surface area contributed by atoms with Crippen molar-refractivity contribution in [3.8, 4) is 0 Å². The summed E-state index contributed by atoms with van der Waals surface area (Å²) in [6, 6.07) is 1.92. The molecule has 0 aromatic rings. The Morgan fingerprint density at radius 2 is 2.00 bits per heavy atom. The van der Waals surface area contributed by atoms with Crippen LogP contribution in [0.4, 0.5) is 0 Å². The molecule has 3 nitrogen and oxygen atoms in total. The van der Waals surface area contributed by atoms with Gasteiger partial charge in [0.15, 0.2) is 0 Å². The van der Waals surface area contributed by atoms with Crippen LogP contribution in [0.15, 0.2) is 0 Å². The molecule has 1 fully saturated rings. The van der Waals surface area contributed by atoms with E-state index < -0.39 is 0 Å². The smallest absolute Gasteiger partial charge is 0.0219 e. The molecule has 0 amide bonds. The summed E-state index contributed by atoms with van der Waals surface area (Å²) in [5.41, 5.74) is 0. The Morgan fingerprint density at radius 3 is 2.53 bits per heavy atom. The summed E-state index contributed by atoms with van der Waals surface area (Å²) in [7, 11) is 2.22. The molecule has 1 N–H and O–H groups in total. The molecule has 1 aliphatic rings. The van der Waals surface area contributed by atoms with Crippen LogP contribution in [0.2, 0.25) is 0 Å². The first-order valence-electron chi connectivity index (χ1n) is 6.24. The maximum absolute atomic E-state index is 3.51. The molecule has 1 heterocycles. The SMILES string of the molecule is CCNC(C)C(C)N1CCN(C)C(C)C1. The number of hydrogen-bond acceptors (Lipinski definition) is 3. The van der Waals surface area contributed by atoms with Gasteiger partial charge in [0.2, 0.25) is 0 Å². The third-order valence-corrected chi connectivity index (χ3v) is 3.82. The lowest BCUT2D eigenvalue weighted by molar-refractivity contribution is 0.0662. The first-order chi connectivity index (χ1) is 7.06. The van der Waals surface area contributed by atoms with Crippen LogP contribution < -0.4 is 5.32 Å². The molecule has 90 valence electrons. The quantitative estimate of drug-likeness (QED) is 0.752. The van der Waals surface area contributed by atoms with Crippen molar-refractivity contribution in [2.75, 3.05) is 33.2 Å². The van der Waals surface area contributed by atoms with Crippen LogP contribution in [0, 0.1) is 0 Å². The zero-order valence-electron chi connectivity index (χ0n) is 11.0. The summed E-state index contributed by atoms with van der Waals surface area (Å²) in [5.74, 6) is 0. The summed E-state index contributed by atoms with van der Waals surface area (Å²) in [5, 5.41) is 3.51. The van der Waals surface area contributed by atoms with Crippen LogP contribution in [0.3, 0.4) is 0 Å². The lowest BCUT2D eigenvalue weighted by atomic mass is 10.1. The van der Waals surface area contributed by atoms with Crippen molar-refractivity contribution < 1.29 is 0 Å². The van der Waals surface area contributed by atoms with Gasteiger partial charge >= 0.3 is 0 Å². The molecular formula is C12H27N3. The average molecular weight is 213 g/mol. The van der Waals surface area contributed by atoms with Gasteiger partial charge in [-0.05, 0) is 34.4 Å². The molecule has 0 spiro atoms. The molecule has 3 unspecified atom stereocenters. The number of nitrogens with zero attached hydrogens (tertiary/aromatic N) is 2. The molecule has 15 heavy (non-hydrogen) atoms. The second-order valence-electron chi connectivity index (χ2n) is 4.91.